The number of nitrogens with one attached hydrogen (secondary N) is 2. The summed E-state index contributed by atoms with van der Waals surface area (Å²) in [5.41, 5.74) is 1.80. The molecule has 0 saturated heterocycles. The first-order chi connectivity index (χ1) is 11.8. The number of rotatable bonds is 6. The summed E-state index contributed by atoms with van der Waals surface area (Å²) < 4.78 is 5.45. The smallest absolute Gasteiger partial charge is 0.247 e. The van der Waals surface area contributed by atoms with E-state index in [1.54, 1.807) is 0 Å². The molecule has 0 fully saturated rings. The Hall–Kier alpha value is -3.47. The summed E-state index contributed by atoms with van der Waals surface area (Å²) in [5, 5.41) is 11.2. The first kappa shape index (κ1) is 15.4. The molecule has 0 aliphatic carbocycles. The molecule has 1 amide bonds. The molecule has 0 atom stereocenters. The second-order valence-electron chi connectivity index (χ2n) is 4.92. The summed E-state index contributed by atoms with van der Waals surface area (Å²) in [5.74, 6) is 0.120. The fourth-order valence-corrected chi connectivity index (χ4v) is 2.11. The topological polar surface area (TPSA) is 117 Å². The van der Waals surface area contributed by atoms with Gasteiger partial charge in [-0.3, -0.25) is 10.1 Å². The van der Waals surface area contributed by atoms with E-state index in [1.807, 2.05) is 36.4 Å². The summed E-state index contributed by atoms with van der Waals surface area (Å²) in [4.78, 5) is 27.4. The number of carbonyl (C=O) groups excluding carboxylic acids is 1. The van der Waals surface area contributed by atoms with Crippen molar-refractivity contribution in [2.24, 2.45) is 0 Å². The van der Waals surface area contributed by atoms with Crippen molar-refractivity contribution in [1.29, 1.82) is 5.26 Å². The van der Waals surface area contributed by atoms with Crippen molar-refractivity contribution in [2.45, 2.75) is 12.8 Å². The van der Waals surface area contributed by atoms with Gasteiger partial charge in [0, 0.05) is 0 Å². The summed E-state index contributed by atoms with van der Waals surface area (Å²) in [7, 11) is 0. The Kier molecular flexibility index (Phi) is 4.62. The van der Waals surface area contributed by atoms with Gasteiger partial charge in [-0.25, -0.2) is 4.98 Å². The molecule has 0 bridgehead atoms. The molecule has 3 rings (SSSR count). The molecule has 1 aromatic carbocycles. The van der Waals surface area contributed by atoms with E-state index in [0.29, 0.717) is 11.2 Å². The van der Waals surface area contributed by atoms with Gasteiger partial charge >= 0.3 is 0 Å². The Morgan fingerprint density at radius 3 is 2.92 bits per heavy atom. The zero-order chi connectivity index (χ0) is 16.8. The fourth-order valence-electron chi connectivity index (χ4n) is 2.11. The van der Waals surface area contributed by atoms with Crippen LogP contribution in [-0.4, -0.2) is 32.4 Å². The summed E-state index contributed by atoms with van der Waals surface area (Å²) >= 11 is 0. The van der Waals surface area contributed by atoms with Gasteiger partial charge < -0.3 is 9.72 Å². The van der Waals surface area contributed by atoms with E-state index in [1.165, 1.54) is 6.33 Å². The Bertz CT molecular complexity index is 884. The maximum Gasteiger partial charge on any atom is 0.247 e. The number of anilines is 1. The Morgan fingerprint density at radius 1 is 1.29 bits per heavy atom. The van der Waals surface area contributed by atoms with Crippen LogP contribution in [0.5, 0.6) is 5.88 Å². The van der Waals surface area contributed by atoms with Crippen LogP contribution in [0.25, 0.3) is 11.2 Å². The number of hydrogen-bond donors (Lipinski definition) is 2. The predicted octanol–water partition coefficient (Wildman–Crippen LogP) is 1.83. The molecular formula is C16H14N6O2. The number of H-pyrrole nitrogens is 1. The third-order valence-corrected chi connectivity index (χ3v) is 3.16. The number of hydrogen-bond acceptors (Lipinski definition) is 6. The monoisotopic (exact) mass is 322 g/mol. The summed E-state index contributed by atoms with van der Waals surface area (Å²) in [6, 6.07) is 11.4. The van der Waals surface area contributed by atoms with Crippen molar-refractivity contribution in [2.75, 3.05) is 11.9 Å². The van der Waals surface area contributed by atoms with Crippen molar-refractivity contribution in [3.63, 3.8) is 0 Å². The van der Waals surface area contributed by atoms with Crippen molar-refractivity contribution < 1.29 is 9.53 Å². The van der Waals surface area contributed by atoms with Crippen LogP contribution in [0, 0.1) is 11.3 Å². The molecule has 120 valence electrons. The largest absolute Gasteiger partial charge is 0.475 e. The van der Waals surface area contributed by atoms with E-state index in [4.69, 9.17) is 10.00 Å². The highest BCUT2D eigenvalue weighted by Gasteiger charge is 2.13. The lowest BCUT2D eigenvalue weighted by Gasteiger charge is -2.07. The third-order valence-electron chi connectivity index (χ3n) is 3.16. The van der Waals surface area contributed by atoms with Gasteiger partial charge in [0.25, 0.3) is 0 Å². The molecule has 2 N–H and O–H groups in total. The van der Waals surface area contributed by atoms with E-state index in [2.05, 4.69) is 25.3 Å². The molecule has 8 heteroatoms. The number of carbonyl (C=O) groups is 1. The van der Waals surface area contributed by atoms with Crippen LogP contribution in [0.1, 0.15) is 12.0 Å². The molecule has 0 aliphatic rings. The number of aromatic amines is 1. The molecule has 0 aliphatic heterocycles. The number of ether oxygens (including phenoxy) is 1. The van der Waals surface area contributed by atoms with Crippen molar-refractivity contribution >= 4 is 23.0 Å². The van der Waals surface area contributed by atoms with Crippen LogP contribution in [0.15, 0.2) is 36.7 Å². The minimum atomic E-state index is -0.233. The molecule has 0 spiro atoms. The highest BCUT2D eigenvalue weighted by atomic mass is 16.5. The second-order valence-corrected chi connectivity index (χ2v) is 4.92. The summed E-state index contributed by atoms with van der Waals surface area (Å²) in [6.07, 6.45) is 1.91. The van der Waals surface area contributed by atoms with Crippen LogP contribution >= 0.6 is 0 Å². The zero-order valence-electron chi connectivity index (χ0n) is 12.7. The van der Waals surface area contributed by atoms with E-state index >= 15 is 0 Å². The quantitative estimate of drug-likeness (QED) is 0.669. The highest BCUT2D eigenvalue weighted by molar-refractivity contribution is 5.91. The zero-order valence-corrected chi connectivity index (χ0v) is 12.7. The van der Waals surface area contributed by atoms with Gasteiger partial charge in [0.2, 0.25) is 17.7 Å². The lowest BCUT2D eigenvalue weighted by molar-refractivity contribution is -0.115. The van der Waals surface area contributed by atoms with Crippen molar-refractivity contribution in [3.8, 4) is 11.9 Å². The Balaban J connectivity index is 1.76. The Morgan fingerprint density at radius 2 is 2.12 bits per heavy atom. The lowest BCUT2D eigenvalue weighted by atomic mass is 10.1. The maximum atomic E-state index is 12.1. The van der Waals surface area contributed by atoms with E-state index < -0.39 is 0 Å². The van der Waals surface area contributed by atoms with Gasteiger partial charge in [-0.15, -0.1) is 0 Å². The molecule has 2 aromatic heterocycles. The highest BCUT2D eigenvalue weighted by Crippen LogP contribution is 2.21. The normalized spacial score (nSPS) is 10.3. The minimum absolute atomic E-state index is 0.125. The number of aromatic nitrogens is 4. The number of nitriles is 1. The third kappa shape index (κ3) is 3.64. The summed E-state index contributed by atoms with van der Waals surface area (Å²) in [6.45, 7) is 0.187. The average Bonchev–Trinajstić information content (AvgIpc) is 3.04. The molecule has 0 radical (unpaired) electrons. The van der Waals surface area contributed by atoms with Gasteiger partial charge in [-0.1, -0.05) is 30.3 Å². The Labute approximate surface area is 137 Å². The molecule has 3 aromatic rings. The molecule has 8 nitrogen and oxygen atoms in total. The maximum absolute atomic E-state index is 12.1. The number of amides is 1. The van der Waals surface area contributed by atoms with Gasteiger partial charge in [0.15, 0.2) is 11.2 Å². The van der Waals surface area contributed by atoms with Crippen LogP contribution < -0.4 is 10.1 Å². The minimum Gasteiger partial charge on any atom is -0.475 e. The molecule has 0 saturated carbocycles. The SMILES string of the molecule is N#CCCOc1nc(NC(=O)Cc2ccccc2)nc2[nH]cnc12. The predicted molar refractivity (Wildman–Crippen MR) is 86.2 cm³/mol. The van der Waals surface area contributed by atoms with Gasteiger partial charge in [-0.2, -0.15) is 15.2 Å². The second kappa shape index (κ2) is 7.19. The van der Waals surface area contributed by atoms with E-state index in [-0.39, 0.29) is 37.2 Å². The first-order valence-corrected chi connectivity index (χ1v) is 7.31. The van der Waals surface area contributed by atoms with E-state index in [9.17, 15) is 4.79 Å². The molecule has 24 heavy (non-hydrogen) atoms. The number of benzene rings is 1. The van der Waals surface area contributed by atoms with Crippen LogP contribution in [0.2, 0.25) is 0 Å². The number of nitrogens with zero attached hydrogens (tertiary/aromatic N) is 4. The van der Waals surface area contributed by atoms with Crippen LogP contribution in [-0.2, 0) is 11.2 Å². The van der Waals surface area contributed by atoms with Crippen molar-refractivity contribution in [1.82, 2.24) is 19.9 Å². The van der Waals surface area contributed by atoms with Crippen LogP contribution in [0.4, 0.5) is 5.95 Å². The lowest BCUT2D eigenvalue weighted by Crippen LogP contribution is -2.17. The standard InChI is InChI=1S/C16H14N6O2/c17-7-4-8-24-15-13-14(19-10-18-13)21-16(22-15)20-12(23)9-11-5-2-1-3-6-11/h1-3,5-6,10H,4,8-9H2,(H2,18,19,20,21,22,23). The van der Waals surface area contributed by atoms with Gasteiger partial charge in [0.05, 0.1) is 25.2 Å². The number of fused-ring (bicyclic) bond motifs is 1. The van der Waals surface area contributed by atoms with Gasteiger partial charge in [-0.05, 0) is 5.56 Å². The molecule has 2 heterocycles. The molecule has 0 unspecified atom stereocenters. The fraction of sp³-hybridized carbons (Fsp3) is 0.188. The van der Waals surface area contributed by atoms with E-state index in [0.717, 1.165) is 5.56 Å². The molecular weight excluding hydrogens is 308 g/mol. The van der Waals surface area contributed by atoms with Gasteiger partial charge in [0.1, 0.15) is 6.61 Å². The average molecular weight is 322 g/mol. The van der Waals surface area contributed by atoms with Crippen molar-refractivity contribution in [3.05, 3.63) is 42.2 Å². The number of imidazole rings is 1. The first-order valence-electron chi connectivity index (χ1n) is 7.31. The van der Waals surface area contributed by atoms with Crippen LogP contribution in [0.3, 0.4) is 0 Å².